The molecule has 2 aromatic rings. The minimum absolute atomic E-state index is 0.0527. The van der Waals surface area contributed by atoms with Crippen LogP contribution in [0.25, 0.3) is 0 Å². The second-order valence-electron chi connectivity index (χ2n) is 6.76. The standard InChI is InChI=1S/C20H24ClN3O4S/c1-3-28-17-7-5-16(6-8-17)22-20(25)15-4-9-18(21)19(14-15)29(26,27)24-12-10-23(2)11-13-24/h4-9,14H,3,10-13H2,1-2H3,(H,22,25). The van der Waals surface area contributed by atoms with E-state index in [9.17, 15) is 13.2 Å². The molecule has 0 aromatic heterocycles. The number of hydrogen-bond donors (Lipinski definition) is 1. The van der Waals surface area contributed by atoms with E-state index in [0.717, 1.165) is 0 Å². The number of nitrogens with one attached hydrogen (secondary N) is 1. The molecule has 1 aliphatic heterocycles. The van der Waals surface area contributed by atoms with Crippen molar-refractivity contribution in [2.75, 3.05) is 45.2 Å². The van der Waals surface area contributed by atoms with Crippen LogP contribution in [-0.2, 0) is 10.0 Å². The van der Waals surface area contributed by atoms with Crippen molar-refractivity contribution in [2.24, 2.45) is 0 Å². The maximum absolute atomic E-state index is 13.0. The van der Waals surface area contributed by atoms with Crippen LogP contribution in [0.1, 0.15) is 17.3 Å². The molecule has 9 heteroatoms. The molecule has 1 aliphatic rings. The fraction of sp³-hybridized carbons (Fsp3) is 0.350. The van der Waals surface area contributed by atoms with Gasteiger partial charge in [-0.1, -0.05) is 11.6 Å². The smallest absolute Gasteiger partial charge is 0.255 e. The van der Waals surface area contributed by atoms with Crippen molar-refractivity contribution in [2.45, 2.75) is 11.8 Å². The van der Waals surface area contributed by atoms with E-state index in [1.54, 1.807) is 24.3 Å². The average molecular weight is 438 g/mol. The van der Waals surface area contributed by atoms with Gasteiger partial charge in [0.2, 0.25) is 10.0 Å². The Kier molecular flexibility index (Phi) is 6.79. The van der Waals surface area contributed by atoms with Gasteiger partial charge in [-0.2, -0.15) is 4.31 Å². The van der Waals surface area contributed by atoms with E-state index in [2.05, 4.69) is 10.2 Å². The van der Waals surface area contributed by atoms with Gasteiger partial charge in [0.15, 0.2) is 0 Å². The summed E-state index contributed by atoms with van der Waals surface area (Å²) in [5, 5.41) is 2.86. The van der Waals surface area contributed by atoms with Gasteiger partial charge in [0.25, 0.3) is 5.91 Å². The first-order valence-corrected chi connectivity index (χ1v) is 11.2. The number of carbonyl (C=O) groups excluding carboxylic acids is 1. The highest BCUT2D eigenvalue weighted by molar-refractivity contribution is 7.89. The number of ether oxygens (including phenoxy) is 1. The number of halogens is 1. The number of rotatable bonds is 6. The molecule has 3 rings (SSSR count). The van der Waals surface area contributed by atoms with Crippen LogP contribution >= 0.6 is 11.6 Å². The highest BCUT2D eigenvalue weighted by atomic mass is 35.5. The monoisotopic (exact) mass is 437 g/mol. The third-order valence-electron chi connectivity index (χ3n) is 4.70. The predicted octanol–water partition coefficient (Wildman–Crippen LogP) is 2.93. The van der Waals surface area contributed by atoms with E-state index in [0.29, 0.717) is 44.2 Å². The molecule has 0 aliphatic carbocycles. The van der Waals surface area contributed by atoms with Crippen molar-refractivity contribution in [3.05, 3.63) is 53.1 Å². The first-order chi connectivity index (χ1) is 13.8. The van der Waals surface area contributed by atoms with Crippen molar-refractivity contribution >= 4 is 33.2 Å². The molecule has 1 heterocycles. The summed E-state index contributed by atoms with van der Waals surface area (Å²) in [6.07, 6.45) is 0. The first-order valence-electron chi connectivity index (χ1n) is 9.33. The summed E-state index contributed by atoms with van der Waals surface area (Å²) in [4.78, 5) is 14.6. The lowest BCUT2D eigenvalue weighted by molar-refractivity contribution is 0.102. The van der Waals surface area contributed by atoms with E-state index in [1.807, 2.05) is 14.0 Å². The molecular weight excluding hydrogens is 414 g/mol. The molecular formula is C20H24ClN3O4S. The predicted molar refractivity (Wildman–Crippen MR) is 113 cm³/mol. The molecule has 1 N–H and O–H groups in total. The Balaban J connectivity index is 1.80. The highest BCUT2D eigenvalue weighted by Crippen LogP contribution is 2.27. The molecule has 156 valence electrons. The molecule has 1 fully saturated rings. The number of carbonyl (C=O) groups is 1. The molecule has 2 aromatic carbocycles. The molecule has 7 nitrogen and oxygen atoms in total. The van der Waals surface area contributed by atoms with Crippen LogP contribution in [0, 0.1) is 0 Å². The fourth-order valence-corrected chi connectivity index (χ4v) is 4.94. The zero-order valence-electron chi connectivity index (χ0n) is 16.4. The largest absolute Gasteiger partial charge is 0.494 e. The molecule has 29 heavy (non-hydrogen) atoms. The number of amides is 1. The maximum Gasteiger partial charge on any atom is 0.255 e. The van der Waals surface area contributed by atoms with Gasteiger partial charge in [0.1, 0.15) is 10.6 Å². The Bertz CT molecular complexity index is 972. The zero-order valence-corrected chi connectivity index (χ0v) is 18.0. The van der Waals surface area contributed by atoms with Crippen LogP contribution < -0.4 is 10.1 Å². The number of anilines is 1. The lowest BCUT2D eigenvalue weighted by Gasteiger charge is -2.31. The van der Waals surface area contributed by atoms with Gasteiger partial charge in [-0.3, -0.25) is 4.79 Å². The van der Waals surface area contributed by atoms with Crippen LogP contribution in [0.4, 0.5) is 5.69 Å². The van der Waals surface area contributed by atoms with E-state index in [1.165, 1.54) is 22.5 Å². The van der Waals surface area contributed by atoms with E-state index >= 15 is 0 Å². The second-order valence-corrected chi connectivity index (χ2v) is 9.08. The number of sulfonamides is 1. The number of piperazine rings is 1. The summed E-state index contributed by atoms with van der Waals surface area (Å²) in [6.45, 7) is 4.52. The minimum atomic E-state index is -3.78. The molecule has 0 spiro atoms. The number of benzene rings is 2. The molecule has 1 saturated heterocycles. The molecule has 1 amide bonds. The summed E-state index contributed by atoms with van der Waals surface area (Å²) in [6, 6.07) is 11.2. The summed E-state index contributed by atoms with van der Waals surface area (Å²) < 4.78 is 32.8. The second kappa shape index (κ2) is 9.13. The Labute approximate surface area is 176 Å². The summed E-state index contributed by atoms with van der Waals surface area (Å²) in [5.41, 5.74) is 0.799. The first kappa shape index (κ1) is 21.6. The number of hydrogen-bond acceptors (Lipinski definition) is 5. The van der Waals surface area contributed by atoms with Crippen LogP contribution in [0.2, 0.25) is 5.02 Å². The SMILES string of the molecule is CCOc1ccc(NC(=O)c2ccc(Cl)c(S(=O)(=O)N3CCN(C)CC3)c2)cc1. The highest BCUT2D eigenvalue weighted by Gasteiger charge is 2.30. The quantitative estimate of drug-likeness (QED) is 0.751. The van der Waals surface area contributed by atoms with Crippen molar-refractivity contribution in [3.63, 3.8) is 0 Å². The molecule has 0 atom stereocenters. The zero-order chi connectivity index (χ0) is 21.0. The van der Waals surface area contributed by atoms with Crippen LogP contribution in [0.15, 0.2) is 47.4 Å². The lowest BCUT2D eigenvalue weighted by atomic mass is 10.2. The fourth-order valence-electron chi connectivity index (χ4n) is 3.01. The third-order valence-corrected chi connectivity index (χ3v) is 7.08. The molecule has 0 unspecified atom stereocenters. The van der Waals surface area contributed by atoms with Crippen LogP contribution in [-0.4, -0.2) is 63.4 Å². The lowest BCUT2D eigenvalue weighted by Crippen LogP contribution is -2.47. The summed E-state index contributed by atoms with van der Waals surface area (Å²) in [7, 11) is -1.83. The average Bonchev–Trinajstić information content (AvgIpc) is 2.70. The van der Waals surface area contributed by atoms with Crippen molar-refractivity contribution < 1.29 is 17.9 Å². The van der Waals surface area contributed by atoms with Gasteiger partial charge >= 0.3 is 0 Å². The van der Waals surface area contributed by atoms with Gasteiger partial charge in [0.05, 0.1) is 11.6 Å². The maximum atomic E-state index is 13.0. The molecule has 0 saturated carbocycles. The minimum Gasteiger partial charge on any atom is -0.494 e. The Morgan fingerprint density at radius 1 is 1.10 bits per heavy atom. The Hall–Kier alpha value is -2.13. The summed E-state index contributed by atoms with van der Waals surface area (Å²) in [5.74, 6) is 0.290. The van der Waals surface area contributed by atoms with Gasteiger partial charge in [-0.15, -0.1) is 0 Å². The molecule has 0 radical (unpaired) electrons. The Morgan fingerprint density at radius 3 is 2.38 bits per heavy atom. The number of nitrogens with zero attached hydrogens (tertiary/aromatic N) is 2. The van der Waals surface area contributed by atoms with Crippen LogP contribution in [0.3, 0.4) is 0 Å². The van der Waals surface area contributed by atoms with Crippen molar-refractivity contribution in [3.8, 4) is 5.75 Å². The molecule has 0 bridgehead atoms. The van der Waals surface area contributed by atoms with Gasteiger partial charge < -0.3 is 15.0 Å². The normalized spacial score (nSPS) is 15.8. The van der Waals surface area contributed by atoms with E-state index in [-0.39, 0.29) is 15.5 Å². The topological polar surface area (TPSA) is 78.9 Å². The van der Waals surface area contributed by atoms with Gasteiger partial charge in [0, 0.05) is 37.4 Å². The van der Waals surface area contributed by atoms with Crippen LogP contribution in [0.5, 0.6) is 5.75 Å². The van der Waals surface area contributed by atoms with E-state index in [4.69, 9.17) is 16.3 Å². The summed E-state index contributed by atoms with van der Waals surface area (Å²) >= 11 is 6.18. The van der Waals surface area contributed by atoms with Gasteiger partial charge in [-0.05, 0) is 56.4 Å². The third kappa shape index (κ3) is 5.08. The van der Waals surface area contributed by atoms with Gasteiger partial charge in [-0.25, -0.2) is 8.42 Å². The Morgan fingerprint density at radius 2 is 1.76 bits per heavy atom. The number of likely N-dealkylation sites (N-methyl/N-ethyl adjacent to an activating group) is 1. The van der Waals surface area contributed by atoms with Crippen molar-refractivity contribution in [1.29, 1.82) is 0 Å². The van der Waals surface area contributed by atoms with Crippen molar-refractivity contribution in [1.82, 2.24) is 9.21 Å². The van der Waals surface area contributed by atoms with E-state index < -0.39 is 15.9 Å².